The molecule has 0 N–H and O–H groups in total. The van der Waals surface area contributed by atoms with Crippen LogP contribution in [0.25, 0.3) is 0 Å². The van der Waals surface area contributed by atoms with Gasteiger partial charge in [-0.25, -0.2) is 0 Å². The van der Waals surface area contributed by atoms with Gasteiger partial charge in [0.1, 0.15) is 0 Å². The molecule has 13 heavy (non-hydrogen) atoms. The fourth-order valence-corrected chi connectivity index (χ4v) is 4.39. The molecule has 1 aliphatic heterocycles. The summed E-state index contributed by atoms with van der Waals surface area (Å²) in [6.07, 6.45) is 1.36. The first-order chi connectivity index (χ1) is 6.18. The highest BCUT2D eigenvalue weighted by atomic mass is 32.2. The minimum Gasteiger partial charge on any atom is -0.144 e. The minimum absolute atomic E-state index is 0.698. The predicted octanol–water partition coefficient (Wildman–Crippen LogP) is 4.47. The number of rotatable bonds is 1. The summed E-state index contributed by atoms with van der Waals surface area (Å²) < 4.78 is 0. The maximum absolute atomic E-state index is 2.41. The van der Waals surface area contributed by atoms with Crippen molar-refractivity contribution in [1.82, 2.24) is 0 Å². The maximum atomic E-state index is 2.41. The van der Waals surface area contributed by atoms with Gasteiger partial charge in [0, 0.05) is 14.6 Å². The van der Waals surface area contributed by atoms with Crippen molar-refractivity contribution < 1.29 is 0 Å². The Labute approximate surface area is 88.7 Å². The molecule has 1 aliphatic rings. The Morgan fingerprint density at radius 2 is 2.23 bits per heavy atom. The zero-order chi connectivity index (χ0) is 9.42. The zero-order valence-electron chi connectivity index (χ0n) is 8.46. The summed E-state index contributed by atoms with van der Waals surface area (Å²) in [5.74, 6) is 2.81. The monoisotopic (exact) mass is 212 g/mol. The topological polar surface area (TPSA) is 0 Å². The quantitative estimate of drug-likeness (QED) is 0.662. The molecule has 1 unspecified atom stereocenters. The third-order valence-electron chi connectivity index (χ3n) is 2.57. The van der Waals surface area contributed by atoms with Gasteiger partial charge in [0.15, 0.2) is 0 Å². The Bertz CT molecular complexity index is 299. The molecule has 1 atom stereocenters. The lowest BCUT2D eigenvalue weighted by Gasteiger charge is -2.16. The molecule has 1 aromatic rings. The molecule has 0 aromatic carbocycles. The van der Waals surface area contributed by atoms with E-state index >= 15 is 0 Å². The summed E-state index contributed by atoms with van der Waals surface area (Å²) in [7, 11) is 0. The van der Waals surface area contributed by atoms with Crippen LogP contribution in [-0.2, 0) is 0 Å². The van der Waals surface area contributed by atoms with Gasteiger partial charge in [0.05, 0.1) is 0 Å². The van der Waals surface area contributed by atoms with Gasteiger partial charge in [-0.1, -0.05) is 20.8 Å². The van der Waals surface area contributed by atoms with Crippen molar-refractivity contribution in [2.24, 2.45) is 0 Å². The lowest BCUT2D eigenvalue weighted by Crippen LogP contribution is -1.99. The van der Waals surface area contributed by atoms with E-state index in [9.17, 15) is 0 Å². The van der Waals surface area contributed by atoms with Gasteiger partial charge in [0.2, 0.25) is 0 Å². The van der Waals surface area contributed by atoms with Gasteiger partial charge in [-0.2, -0.15) is 0 Å². The van der Waals surface area contributed by atoms with E-state index in [0.717, 1.165) is 5.92 Å². The lowest BCUT2D eigenvalue weighted by atomic mass is 10.1. The molecule has 0 amide bonds. The first-order valence-electron chi connectivity index (χ1n) is 4.95. The van der Waals surface area contributed by atoms with Crippen LogP contribution < -0.4 is 0 Å². The summed E-state index contributed by atoms with van der Waals surface area (Å²) in [5, 5.41) is 0. The van der Waals surface area contributed by atoms with Crippen molar-refractivity contribution in [3.8, 4) is 0 Å². The van der Waals surface area contributed by atoms with Crippen molar-refractivity contribution >= 4 is 23.1 Å². The molecule has 0 bridgehead atoms. The highest BCUT2D eigenvalue weighted by Gasteiger charge is 2.20. The van der Waals surface area contributed by atoms with Crippen molar-refractivity contribution in [3.05, 3.63) is 15.8 Å². The molecule has 0 nitrogen and oxygen atoms in total. The van der Waals surface area contributed by atoms with Gasteiger partial charge in [-0.05, 0) is 30.1 Å². The number of thioether (sulfide) groups is 1. The van der Waals surface area contributed by atoms with Crippen LogP contribution in [0.1, 0.15) is 48.8 Å². The van der Waals surface area contributed by atoms with Crippen LogP contribution in [0.15, 0.2) is 11.0 Å². The van der Waals surface area contributed by atoms with Crippen molar-refractivity contribution in [1.29, 1.82) is 0 Å². The van der Waals surface area contributed by atoms with E-state index in [2.05, 4.69) is 26.8 Å². The second-order valence-corrected chi connectivity index (χ2v) is 6.32. The average Bonchev–Trinajstić information content (AvgIpc) is 2.49. The third kappa shape index (κ3) is 1.79. The van der Waals surface area contributed by atoms with E-state index in [1.54, 1.807) is 14.6 Å². The van der Waals surface area contributed by atoms with E-state index in [1.807, 2.05) is 23.1 Å². The molecule has 2 heteroatoms. The van der Waals surface area contributed by atoms with E-state index in [4.69, 9.17) is 0 Å². The molecule has 2 rings (SSSR count). The fourth-order valence-electron chi connectivity index (χ4n) is 1.62. The molecule has 0 saturated carbocycles. The van der Waals surface area contributed by atoms with E-state index in [-0.39, 0.29) is 0 Å². The first kappa shape index (κ1) is 9.60. The van der Waals surface area contributed by atoms with Crippen LogP contribution >= 0.6 is 23.1 Å². The Morgan fingerprint density at radius 1 is 1.46 bits per heavy atom. The van der Waals surface area contributed by atoms with Crippen LogP contribution in [0.3, 0.4) is 0 Å². The van der Waals surface area contributed by atoms with E-state index in [0.29, 0.717) is 5.92 Å². The van der Waals surface area contributed by atoms with E-state index in [1.165, 1.54) is 12.2 Å². The van der Waals surface area contributed by atoms with E-state index < -0.39 is 0 Å². The maximum Gasteiger partial charge on any atom is 0.0217 e. The third-order valence-corrected chi connectivity index (χ3v) is 5.45. The Kier molecular flexibility index (Phi) is 2.70. The molecule has 2 heterocycles. The number of hydrogen-bond acceptors (Lipinski definition) is 2. The molecule has 0 spiro atoms. The van der Waals surface area contributed by atoms with Gasteiger partial charge in [-0.3, -0.25) is 0 Å². The number of hydrogen-bond donors (Lipinski definition) is 0. The number of thiophene rings is 1. The van der Waals surface area contributed by atoms with Crippen molar-refractivity contribution in [3.63, 3.8) is 0 Å². The molecular weight excluding hydrogens is 196 g/mol. The molecular formula is C11H16S2. The lowest BCUT2D eigenvalue weighted by molar-refractivity contribution is 0.731. The van der Waals surface area contributed by atoms with Crippen LogP contribution in [0.4, 0.5) is 0 Å². The van der Waals surface area contributed by atoms with Gasteiger partial charge < -0.3 is 0 Å². The zero-order valence-corrected chi connectivity index (χ0v) is 10.1. The van der Waals surface area contributed by atoms with Gasteiger partial charge in [0.25, 0.3) is 0 Å². The standard InChI is InChI=1S/C11H16S2/c1-7(2)9-6-10-11(13-9)8(3)4-5-12-10/h6-8H,4-5H2,1-3H3. The van der Waals surface area contributed by atoms with Crippen LogP contribution in [0.5, 0.6) is 0 Å². The summed E-state index contributed by atoms with van der Waals surface area (Å²) in [5.41, 5.74) is 0. The number of fused-ring (bicyclic) bond motifs is 1. The second-order valence-electron chi connectivity index (χ2n) is 4.07. The Hall–Kier alpha value is 0.0500. The second kappa shape index (κ2) is 3.66. The summed E-state index contributed by atoms with van der Waals surface area (Å²) >= 11 is 4.07. The smallest absolute Gasteiger partial charge is 0.0217 e. The Morgan fingerprint density at radius 3 is 2.85 bits per heavy atom. The molecule has 72 valence electrons. The Balaban J connectivity index is 2.36. The largest absolute Gasteiger partial charge is 0.144 e. The summed E-state index contributed by atoms with van der Waals surface area (Å²) in [6, 6.07) is 2.41. The molecule has 0 fully saturated rings. The molecule has 1 aromatic heterocycles. The minimum atomic E-state index is 0.698. The average molecular weight is 212 g/mol. The highest BCUT2D eigenvalue weighted by Crippen LogP contribution is 2.44. The van der Waals surface area contributed by atoms with Crippen molar-refractivity contribution in [2.75, 3.05) is 5.75 Å². The van der Waals surface area contributed by atoms with Gasteiger partial charge in [-0.15, -0.1) is 23.1 Å². The van der Waals surface area contributed by atoms with Crippen LogP contribution in [-0.4, -0.2) is 5.75 Å². The highest BCUT2D eigenvalue weighted by molar-refractivity contribution is 7.99. The first-order valence-corrected chi connectivity index (χ1v) is 6.75. The molecule has 0 aliphatic carbocycles. The van der Waals surface area contributed by atoms with Crippen molar-refractivity contribution in [2.45, 2.75) is 43.9 Å². The predicted molar refractivity (Wildman–Crippen MR) is 62.2 cm³/mol. The summed E-state index contributed by atoms with van der Waals surface area (Å²) in [4.78, 5) is 4.76. The summed E-state index contributed by atoms with van der Waals surface area (Å²) in [6.45, 7) is 6.93. The fraction of sp³-hybridized carbons (Fsp3) is 0.636. The van der Waals surface area contributed by atoms with Crippen LogP contribution in [0.2, 0.25) is 0 Å². The normalized spacial score (nSPS) is 22.0. The van der Waals surface area contributed by atoms with Crippen LogP contribution in [0, 0.1) is 0 Å². The SMILES string of the molecule is CC(C)c1cc2c(s1)C(C)CCS2. The van der Waals surface area contributed by atoms with Gasteiger partial charge >= 0.3 is 0 Å². The molecule has 0 saturated heterocycles. The molecule has 0 radical (unpaired) electrons.